The molecule has 1 atom stereocenters. The van der Waals surface area contributed by atoms with Crippen LogP contribution in [-0.4, -0.2) is 56.3 Å². The van der Waals surface area contributed by atoms with E-state index < -0.39 is 0 Å². The highest BCUT2D eigenvalue weighted by Crippen LogP contribution is 2.43. The molecule has 5 rings (SSSR count). The van der Waals surface area contributed by atoms with E-state index in [0.29, 0.717) is 25.1 Å². The molecule has 2 fully saturated rings. The Balaban J connectivity index is 1.64. The summed E-state index contributed by atoms with van der Waals surface area (Å²) in [7, 11) is 0. The van der Waals surface area contributed by atoms with E-state index in [-0.39, 0.29) is 11.9 Å². The van der Waals surface area contributed by atoms with Gasteiger partial charge in [0.05, 0.1) is 18.8 Å². The number of hydrogen-bond acceptors (Lipinski definition) is 7. The zero-order valence-corrected chi connectivity index (χ0v) is 16.4. The largest absolute Gasteiger partial charge is 0.353 e. The average molecular weight is 382 g/mol. The molecule has 2 aliphatic heterocycles. The number of fused-ring (bicyclic) bond motifs is 3. The minimum absolute atomic E-state index is 0.0172. The maximum atomic E-state index is 11.8. The Morgan fingerprint density at radius 3 is 2.82 bits per heavy atom. The maximum Gasteiger partial charge on any atom is 0.239 e. The number of carbonyl (C=O) groups excluding carboxylic acids is 1. The van der Waals surface area contributed by atoms with Crippen LogP contribution in [0.2, 0.25) is 0 Å². The Morgan fingerprint density at radius 2 is 2.07 bits per heavy atom. The number of piperazine rings is 1. The topological polar surface area (TPSA) is 92.1 Å². The van der Waals surface area contributed by atoms with Crippen molar-refractivity contribution in [1.29, 1.82) is 0 Å². The lowest BCUT2D eigenvalue weighted by molar-refractivity contribution is -0.120. The van der Waals surface area contributed by atoms with Gasteiger partial charge in [0.25, 0.3) is 0 Å². The zero-order valence-electron chi connectivity index (χ0n) is 16.4. The third-order valence-electron chi connectivity index (χ3n) is 6.13. The molecule has 0 aromatic carbocycles. The van der Waals surface area contributed by atoms with Gasteiger partial charge in [0, 0.05) is 19.1 Å². The normalized spacial score (nSPS) is 22.2. The lowest BCUT2D eigenvalue weighted by Crippen LogP contribution is -2.48. The third-order valence-corrected chi connectivity index (χ3v) is 6.13. The van der Waals surface area contributed by atoms with Gasteiger partial charge < -0.3 is 15.1 Å². The van der Waals surface area contributed by atoms with Gasteiger partial charge in [0.2, 0.25) is 11.9 Å². The summed E-state index contributed by atoms with van der Waals surface area (Å²) in [5.41, 5.74) is 0.944. The van der Waals surface area contributed by atoms with Gasteiger partial charge in [-0.05, 0) is 26.2 Å². The quantitative estimate of drug-likeness (QED) is 0.860. The number of anilines is 2. The van der Waals surface area contributed by atoms with Gasteiger partial charge in [-0.3, -0.25) is 9.36 Å². The molecule has 9 nitrogen and oxygen atoms in total. The van der Waals surface area contributed by atoms with Gasteiger partial charge in [-0.1, -0.05) is 19.8 Å². The highest BCUT2D eigenvalue weighted by Gasteiger charge is 2.39. The summed E-state index contributed by atoms with van der Waals surface area (Å²) < 4.78 is 2.10. The minimum atomic E-state index is 0.0172. The van der Waals surface area contributed by atoms with Crippen molar-refractivity contribution < 1.29 is 4.79 Å². The lowest BCUT2D eigenvalue weighted by atomic mass is 10.0. The molecule has 28 heavy (non-hydrogen) atoms. The van der Waals surface area contributed by atoms with E-state index in [1.54, 1.807) is 0 Å². The van der Waals surface area contributed by atoms with Crippen LogP contribution in [0.1, 0.15) is 56.7 Å². The summed E-state index contributed by atoms with van der Waals surface area (Å²) in [5.74, 6) is 3.43. The number of carbonyl (C=O) groups is 1. The molecule has 1 saturated heterocycles. The molecule has 1 aliphatic carbocycles. The maximum absolute atomic E-state index is 11.8. The van der Waals surface area contributed by atoms with Crippen LogP contribution in [-0.2, 0) is 4.79 Å². The molecule has 1 saturated carbocycles. The molecule has 4 heterocycles. The van der Waals surface area contributed by atoms with Crippen molar-refractivity contribution in [3.8, 4) is 5.69 Å². The van der Waals surface area contributed by atoms with Crippen molar-refractivity contribution in [2.75, 3.05) is 29.4 Å². The number of amides is 1. The van der Waals surface area contributed by atoms with Crippen molar-refractivity contribution >= 4 is 17.7 Å². The van der Waals surface area contributed by atoms with E-state index in [1.807, 2.05) is 18.0 Å². The second-order valence-corrected chi connectivity index (χ2v) is 7.86. The Hall–Kier alpha value is -2.71. The Bertz CT molecular complexity index is 903. The summed E-state index contributed by atoms with van der Waals surface area (Å²) in [6, 6.07) is 0.617. The second kappa shape index (κ2) is 6.72. The third kappa shape index (κ3) is 2.63. The minimum Gasteiger partial charge on any atom is -0.353 e. The van der Waals surface area contributed by atoms with Gasteiger partial charge in [-0.2, -0.15) is 4.98 Å². The van der Waals surface area contributed by atoms with E-state index >= 15 is 0 Å². The first kappa shape index (κ1) is 17.4. The molecule has 0 radical (unpaired) electrons. The van der Waals surface area contributed by atoms with Gasteiger partial charge >= 0.3 is 0 Å². The number of rotatable bonds is 3. The molecular formula is C19H26N8O. The predicted octanol–water partition coefficient (Wildman–Crippen LogP) is 1.52. The first-order valence-electron chi connectivity index (χ1n) is 10.3. The Kier molecular flexibility index (Phi) is 4.17. The molecule has 2 aromatic heterocycles. The van der Waals surface area contributed by atoms with Crippen molar-refractivity contribution in [2.45, 2.75) is 58.0 Å². The first-order valence-corrected chi connectivity index (χ1v) is 10.3. The van der Waals surface area contributed by atoms with E-state index in [9.17, 15) is 4.79 Å². The molecule has 3 aliphatic rings. The number of aryl methyl sites for hydroxylation is 1. The first-order chi connectivity index (χ1) is 13.7. The molecule has 0 bridgehead atoms. The van der Waals surface area contributed by atoms with Gasteiger partial charge in [0.1, 0.15) is 11.5 Å². The van der Waals surface area contributed by atoms with Crippen LogP contribution in [0.15, 0.2) is 6.20 Å². The summed E-state index contributed by atoms with van der Waals surface area (Å²) >= 11 is 0. The molecule has 148 valence electrons. The molecule has 1 N–H and O–H groups in total. The predicted molar refractivity (Wildman–Crippen MR) is 105 cm³/mol. The fourth-order valence-electron chi connectivity index (χ4n) is 4.82. The van der Waals surface area contributed by atoms with E-state index in [2.05, 4.69) is 36.9 Å². The Morgan fingerprint density at radius 1 is 1.25 bits per heavy atom. The summed E-state index contributed by atoms with van der Waals surface area (Å²) in [4.78, 5) is 25.9. The molecule has 1 amide bonds. The van der Waals surface area contributed by atoms with Crippen LogP contribution < -0.4 is 15.1 Å². The lowest BCUT2D eigenvalue weighted by Gasteiger charge is -2.41. The number of hydrogen-bond donors (Lipinski definition) is 1. The summed E-state index contributed by atoms with van der Waals surface area (Å²) in [5, 5.41) is 11.7. The Labute approximate surface area is 164 Å². The number of nitrogens with zero attached hydrogens (tertiary/aromatic N) is 7. The second-order valence-electron chi connectivity index (χ2n) is 7.86. The van der Waals surface area contributed by atoms with Crippen LogP contribution in [0.5, 0.6) is 0 Å². The monoisotopic (exact) mass is 382 g/mol. The summed E-state index contributed by atoms with van der Waals surface area (Å²) in [6.07, 6.45) is 7.67. The van der Waals surface area contributed by atoms with Crippen LogP contribution in [0.3, 0.4) is 0 Å². The average Bonchev–Trinajstić information content (AvgIpc) is 3.37. The van der Waals surface area contributed by atoms with Crippen LogP contribution in [0.25, 0.3) is 5.69 Å². The van der Waals surface area contributed by atoms with Gasteiger partial charge in [0.15, 0.2) is 11.6 Å². The van der Waals surface area contributed by atoms with E-state index in [4.69, 9.17) is 4.98 Å². The molecule has 9 heteroatoms. The zero-order chi connectivity index (χ0) is 19.3. The van der Waals surface area contributed by atoms with Gasteiger partial charge in [-0.15, -0.1) is 10.2 Å². The molecule has 2 aromatic rings. The van der Waals surface area contributed by atoms with Crippen molar-refractivity contribution in [3.05, 3.63) is 17.8 Å². The fourth-order valence-corrected chi connectivity index (χ4v) is 4.82. The van der Waals surface area contributed by atoms with Crippen molar-refractivity contribution in [3.63, 3.8) is 0 Å². The number of nitrogens with one attached hydrogen (secondary N) is 1. The highest BCUT2D eigenvalue weighted by molar-refractivity contribution is 5.82. The van der Waals surface area contributed by atoms with E-state index in [0.717, 1.165) is 36.1 Å². The highest BCUT2D eigenvalue weighted by atomic mass is 16.2. The fraction of sp³-hybridized carbons (Fsp3) is 0.632. The number of aromatic nitrogens is 5. The van der Waals surface area contributed by atoms with Crippen LogP contribution in [0, 0.1) is 6.92 Å². The van der Waals surface area contributed by atoms with Crippen LogP contribution in [0.4, 0.5) is 11.8 Å². The molecule has 0 spiro atoms. The molecular weight excluding hydrogens is 356 g/mol. The smallest absolute Gasteiger partial charge is 0.239 e. The van der Waals surface area contributed by atoms with E-state index in [1.165, 1.54) is 25.7 Å². The standard InChI is InChI=1S/C19H26N8O/c1-3-14-18-24-23-12(2)26(18)15-10-21-19(25-9-8-20-16(28)11-25)22-17(15)27(14)13-6-4-5-7-13/h10,13-14H,3-9,11H2,1-2H3,(H,20,28)/t14-/m1/s1. The van der Waals surface area contributed by atoms with Crippen molar-refractivity contribution in [2.24, 2.45) is 0 Å². The summed E-state index contributed by atoms with van der Waals surface area (Å²) in [6.45, 7) is 5.82. The van der Waals surface area contributed by atoms with Gasteiger partial charge in [-0.25, -0.2) is 4.98 Å². The SMILES string of the molecule is CC[C@@H]1c2nnc(C)n2-c2cnc(N3CCNC(=O)C3)nc2N1C1CCCC1. The molecule has 0 unspecified atom stereocenters. The van der Waals surface area contributed by atoms with Crippen LogP contribution >= 0.6 is 0 Å². The van der Waals surface area contributed by atoms with Crippen molar-refractivity contribution in [1.82, 2.24) is 30.0 Å².